The summed E-state index contributed by atoms with van der Waals surface area (Å²) in [5.74, 6) is -4.48. The summed E-state index contributed by atoms with van der Waals surface area (Å²) in [5.41, 5.74) is 0.414. The summed E-state index contributed by atoms with van der Waals surface area (Å²) in [4.78, 5) is 17.9. The van der Waals surface area contributed by atoms with Crippen molar-refractivity contribution in [3.8, 4) is 5.88 Å². The van der Waals surface area contributed by atoms with Gasteiger partial charge in [-0.25, -0.2) is 13.2 Å². The molecule has 6 nitrogen and oxygen atoms in total. The van der Waals surface area contributed by atoms with Crippen LogP contribution in [0.4, 0.5) is 19.0 Å². The van der Waals surface area contributed by atoms with Crippen molar-refractivity contribution >= 4 is 11.7 Å². The Hall–Kier alpha value is -2.03. The van der Waals surface area contributed by atoms with Crippen LogP contribution in [0.2, 0.25) is 0 Å². The van der Waals surface area contributed by atoms with E-state index in [-0.39, 0.29) is 36.7 Å². The maximum absolute atomic E-state index is 14.6. The SMILES string of the molecule is COc1nc(N2CCC3C(C2)C3(F)F)c(F)cc1CNC(=O)[C@@H]1CCCN1. The molecule has 3 aliphatic rings. The molecule has 0 radical (unpaired) electrons. The molecule has 148 valence electrons. The van der Waals surface area contributed by atoms with Crippen LogP contribution >= 0.6 is 0 Å². The Kier molecular flexibility index (Phi) is 4.65. The zero-order chi connectivity index (χ0) is 19.2. The quantitative estimate of drug-likeness (QED) is 0.809. The Morgan fingerprint density at radius 3 is 2.93 bits per heavy atom. The van der Waals surface area contributed by atoms with E-state index in [1.165, 1.54) is 13.2 Å². The number of methoxy groups -OCH3 is 1. The van der Waals surface area contributed by atoms with Gasteiger partial charge in [-0.2, -0.15) is 4.98 Å². The summed E-state index contributed by atoms with van der Waals surface area (Å²) >= 11 is 0. The monoisotopic (exact) mass is 384 g/mol. The third-order valence-electron chi connectivity index (χ3n) is 5.81. The average Bonchev–Trinajstić information content (AvgIpc) is 3.04. The van der Waals surface area contributed by atoms with Crippen molar-refractivity contribution < 1.29 is 22.7 Å². The Labute approximate surface area is 155 Å². The van der Waals surface area contributed by atoms with Crippen molar-refractivity contribution in [2.75, 3.05) is 31.6 Å². The van der Waals surface area contributed by atoms with Crippen LogP contribution in [-0.2, 0) is 11.3 Å². The molecule has 2 saturated heterocycles. The van der Waals surface area contributed by atoms with Gasteiger partial charge in [-0.3, -0.25) is 4.79 Å². The van der Waals surface area contributed by atoms with Gasteiger partial charge in [-0.1, -0.05) is 0 Å². The number of rotatable bonds is 5. The second-order valence-corrected chi connectivity index (χ2v) is 7.45. The van der Waals surface area contributed by atoms with Crippen molar-refractivity contribution in [2.45, 2.75) is 37.8 Å². The summed E-state index contributed by atoms with van der Waals surface area (Å²) in [5, 5.41) is 5.86. The molecule has 1 aromatic heterocycles. The number of carbonyl (C=O) groups is 1. The molecule has 27 heavy (non-hydrogen) atoms. The number of nitrogens with one attached hydrogen (secondary N) is 2. The number of piperidine rings is 1. The minimum atomic E-state index is -2.65. The van der Waals surface area contributed by atoms with Crippen LogP contribution in [0.15, 0.2) is 6.07 Å². The number of hydrogen-bond donors (Lipinski definition) is 2. The van der Waals surface area contributed by atoms with Crippen molar-refractivity contribution in [3.05, 3.63) is 17.4 Å². The first kappa shape index (κ1) is 18.3. The van der Waals surface area contributed by atoms with Gasteiger partial charge >= 0.3 is 0 Å². The highest BCUT2D eigenvalue weighted by Crippen LogP contribution is 2.59. The van der Waals surface area contributed by atoms with Crippen LogP contribution in [-0.4, -0.2) is 49.6 Å². The molecule has 0 aromatic carbocycles. The molecule has 3 fully saturated rings. The minimum Gasteiger partial charge on any atom is -0.481 e. The third-order valence-corrected chi connectivity index (χ3v) is 5.81. The fraction of sp³-hybridized carbons (Fsp3) is 0.667. The van der Waals surface area contributed by atoms with Crippen molar-refractivity contribution in [2.24, 2.45) is 11.8 Å². The van der Waals surface area contributed by atoms with Crippen LogP contribution in [0.25, 0.3) is 0 Å². The molecule has 1 aliphatic carbocycles. The van der Waals surface area contributed by atoms with E-state index in [0.29, 0.717) is 18.5 Å². The largest absolute Gasteiger partial charge is 0.481 e. The lowest BCUT2D eigenvalue weighted by molar-refractivity contribution is -0.122. The van der Waals surface area contributed by atoms with Crippen molar-refractivity contribution in [1.29, 1.82) is 0 Å². The molecule has 3 heterocycles. The van der Waals surface area contributed by atoms with E-state index >= 15 is 0 Å². The van der Waals surface area contributed by atoms with E-state index in [1.807, 2.05) is 0 Å². The third kappa shape index (κ3) is 3.33. The van der Waals surface area contributed by atoms with E-state index in [2.05, 4.69) is 15.6 Å². The molecular weight excluding hydrogens is 361 g/mol. The predicted octanol–water partition coefficient (Wildman–Crippen LogP) is 1.69. The van der Waals surface area contributed by atoms with Crippen LogP contribution in [0.1, 0.15) is 24.8 Å². The van der Waals surface area contributed by atoms with E-state index in [0.717, 1.165) is 19.4 Å². The van der Waals surface area contributed by atoms with Gasteiger partial charge in [0.1, 0.15) is 0 Å². The molecule has 4 rings (SSSR count). The van der Waals surface area contributed by atoms with Gasteiger partial charge in [0.05, 0.1) is 13.2 Å². The van der Waals surface area contributed by atoms with Crippen LogP contribution in [0.5, 0.6) is 5.88 Å². The van der Waals surface area contributed by atoms with E-state index in [9.17, 15) is 18.0 Å². The number of alkyl halides is 2. The molecule has 1 aromatic rings. The summed E-state index contributed by atoms with van der Waals surface area (Å²) in [6.45, 7) is 1.33. The van der Waals surface area contributed by atoms with Gasteiger partial charge in [-0.05, 0) is 31.9 Å². The minimum absolute atomic E-state index is 0.0283. The molecule has 2 N–H and O–H groups in total. The van der Waals surface area contributed by atoms with Gasteiger partial charge < -0.3 is 20.3 Å². The van der Waals surface area contributed by atoms with Gasteiger partial charge in [0.25, 0.3) is 5.92 Å². The fourth-order valence-electron chi connectivity index (χ4n) is 4.16. The number of halogens is 3. The first-order valence-corrected chi connectivity index (χ1v) is 9.29. The topological polar surface area (TPSA) is 66.5 Å². The van der Waals surface area contributed by atoms with Gasteiger partial charge in [-0.15, -0.1) is 0 Å². The number of nitrogens with zero attached hydrogens (tertiary/aromatic N) is 2. The first-order chi connectivity index (χ1) is 12.9. The van der Waals surface area contributed by atoms with Gasteiger partial charge in [0.2, 0.25) is 11.8 Å². The predicted molar refractivity (Wildman–Crippen MR) is 92.4 cm³/mol. The van der Waals surface area contributed by atoms with Gasteiger partial charge in [0.15, 0.2) is 11.6 Å². The highest BCUT2D eigenvalue weighted by molar-refractivity contribution is 5.82. The summed E-state index contributed by atoms with van der Waals surface area (Å²) in [7, 11) is 1.41. The van der Waals surface area contributed by atoms with Crippen molar-refractivity contribution in [1.82, 2.24) is 15.6 Å². The molecule has 1 saturated carbocycles. The molecule has 2 aliphatic heterocycles. The Morgan fingerprint density at radius 1 is 1.44 bits per heavy atom. The lowest BCUT2D eigenvalue weighted by Gasteiger charge is -2.27. The van der Waals surface area contributed by atoms with E-state index < -0.39 is 23.6 Å². The number of hydrogen-bond acceptors (Lipinski definition) is 5. The van der Waals surface area contributed by atoms with Crippen LogP contribution in [0.3, 0.4) is 0 Å². The van der Waals surface area contributed by atoms with E-state index in [1.54, 1.807) is 4.90 Å². The average molecular weight is 384 g/mol. The van der Waals surface area contributed by atoms with E-state index in [4.69, 9.17) is 4.74 Å². The second-order valence-electron chi connectivity index (χ2n) is 7.45. The first-order valence-electron chi connectivity index (χ1n) is 9.29. The second kappa shape index (κ2) is 6.85. The number of pyridine rings is 1. The Bertz CT molecular complexity index is 740. The summed E-state index contributed by atoms with van der Waals surface area (Å²) in [6, 6.07) is 1.04. The van der Waals surface area contributed by atoms with Crippen LogP contribution in [0, 0.1) is 17.7 Å². The standard InChI is InChI=1S/C18H23F3N4O2/c1-27-17-10(8-23-16(26)14-3-2-5-22-14)7-13(19)15(24-17)25-6-4-11-12(9-25)18(11,20)21/h7,11-12,14,22H,2-6,8-9H2,1H3,(H,23,26)/t11?,12?,14-/m0/s1. The lowest BCUT2D eigenvalue weighted by Crippen LogP contribution is -2.40. The maximum Gasteiger partial charge on any atom is 0.256 e. The lowest BCUT2D eigenvalue weighted by atomic mass is 10.1. The van der Waals surface area contributed by atoms with Gasteiger partial charge in [0, 0.05) is 37.0 Å². The number of ether oxygens (including phenoxy) is 1. The number of carbonyl (C=O) groups excluding carboxylic acids is 1. The highest BCUT2D eigenvalue weighted by Gasteiger charge is 2.69. The number of amides is 1. The normalized spacial score (nSPS) is 28.6. The highest BCUT2D eigenvalue weighted by atomic mass is 19.3. The molecular formula is C18H23F3N4O2. The zero-order valence-corrected chi connectivity index (χ0v) is 15.1. The zero-order valence-electron chi connectivity index (χ0n) is 15.1. The summed E-state index contributed by atoms with van der Waals surface area (Å²) < 4.78 is 47.1. The molecule has 0 spiro atoms. The van der Waals surface area contributed by atoms with Crippen LogP contribution < -0.4 is 20.3 Å². The summed E-state index contributed by atoms with van der Waals surface area (Å²) in [6.07, 6.45) is 2.05. The molecule has 2 unspecified atom stereocenters. The molecule has 0 bridgehead atoms. The Morgan fingerprint density at radius 2 is 2.26 bits per heavy atom. The molecule has 1 amide bonds. The molecule has 9 heteroatoms. The Balaban J connectivity index is 1.46. The number of anilines is 1. The number of aromatic nitrogens is 1. The maximum atomic E-state index is 14.6. The number of fused-ring (bicyclic) bond motifs is 1. The fourth-order valence-corrected chi connectivity index (χ4v) is 4.16. The smallest absolute Gasteiger partial charge is 0.256 e. The van der Waals surface area contributed by atoms with Crippen molar-refractivity contribution in [3.63, 3.8) is 0 Å². The molecule has 3 atom stereocenters.